The van der Waals surface area contributed by atoms with Crippen LogP contribution in [-0.4, -0.2) is 44.5 Å². The first kappa shape index (κ1) is 16.4. The molecule has 0 atom stereocenters. The lowest BCUT2D eigenvalue weighted by Gasteiger charge is -2.10. The first-order valence-electron chi connectivity index (χ1n) is 6.59. The monoisotopic (exact) mass is 285 g/mol. The van der Waals surface area contributed by atoms with Crippen molar-refractivity contribution in [1.82, 2.24) is 10.2 Å². The van der Waals surface area contributed by atoms with E-state index in [-0.39, 0.29) is 5.91 Å². The number of nitrogens with zero attached hydrogens (tertiary/aromatic N) is 1. The van der Waals surface area contributed by atoms with Crippen molar-refractivity contribution in [3.8, 4) is 0 Å². The fourth-order valence-electron chi connectivity index (χ4n) is 1.64. The van der Waals surface area contributed by atoms with Gasteiger partial charge in [0.2, 0.25) is 5.91 Å². The molecule has 0 aliphatic carbocycles. The topological polar surface area (TPSA) is 44.4 Å². The number of anilines is 1. The van der Waals surface area contributed by atoms with Crippen LogP contribution in [0.2, 0.25) is 0 Å². The summed E-state index contributed by atoms with van der Waals surface area (Å²) in [4.78, 5) is 13.6. The zero-order valence-electron chi connectivity index (χ0n) is 11.9. The van der Waals surface area contributed by atoms with Gasteiger partial charge in [-0.15, -0.1) is 0 Å². The van der Waals surface area contributed by atoms with Crippen molar-refractivity contribution >= 4 is 11.6 Å². The van der Waals surface area contributed by atoms with E-state index in [1.807, 2.05) is 14.1 Å². The molecule has 0 aliphatic heterocycles. The Morgan fingerprint density at radius 3 is 2.60 bits per heavy atom. The number of carbonyl (C=O) groups is 1. The molecule has 0 radical (unpaired) electrons. The fourth-order valence-corrected chi connectivity index (χ4v) is 1.64. The van der Waals surface area contributed by atoms with E-state index in [4.69, 9.17) is 0 Å². The molecule has 0 saturated heterocycles. The van der Waals surface area contributed by atoms with Gasteiger partial charge in [0.15, 0.2) is 11.6 Å². The van der Waals surface area contributed by atoms with E-state index in [0.717, 1.165) is 25.1 Å². The van der Waals surface area contributed by atoms with Gasteiger partial charge < -0.3 is 15.5 Å². The van der Waals surface area contributed by atoms with Crippen molar-refractivity contribution < 1.29 is 13.6 Å². The van der Waals surface area contributed by atoms with Gasteiger partial charge in [-0.3, -0.25) is 4.79 Å². The summed E-state index contributed by atoms with van der Waals surface area (Å²) in [6, 6.07) is 3.57. The highest BCUT2D eigenvalue weighted by Gasteiger charge is 2.03. The highest BCUT2D eigenvalue weighted by molar-refractivity contribution is 5.76. The van der Waals surface area contributed by atoms with E-state index in [9.17, 15) is 13.6 Å². The molecule has 1 rings (SSSR count). The summed E-state index contributed by atoms with van der Waals surface area (Å²) in [6.45, 7) is 1.94. The number of nitrogens with one attached hydrogen (secondary N) is 2. The van der Waals surface area contributed by atoms with Crippen LogP contribution in [0.15, 0.2) is 18.2 Å². The van der Waals surface area contributed by atoms with Crippen LogP contribution in [-0.2, 0) is 4.79 Å². The van der Waals surface area contributed by atoms with E-state index >= 15 is 0 Å². The molecule has 2 N–H and O–H groups in total. The van der Waals surface area contributed by atoms with Gasteiger partial charge in [0.05, 0.1) is 0 Å². The standard InChI is InChI=1S/C14H21F2N3O/c1-19(2)9-3-7-18-14(20)6-8-17-11-4-5-12(15)13(16)10-11/h4-5,10,17H,3,6-9H2,1-2H3,(H,18,20). The zero-order valence-corrected chi connectivity index (χ0v) is 11.9. The average Bonchev–Trinajstić information content (AvgIpc) is 2.39. The Labute approximate surface area is 118 Å². The molecule has 0 spiro atoms. The van der Waals surface area contributed by atoms with Crippen molar-refractivity contribution in [2.24, 2.45) is 0 Å². The molecular weight excluding hydrogens is 264 g/mol. The number of amides is 1. The highest BCUT2D eigenvalue weighted by Crippen LogP contribution is 2.12. The van der Waals surface area contributed by atoms with Gasteiger partial charge in [-0.25, -0.2) is 8.78 Å². The van der Waals surface area contributed by atoms with Gasteiger partial charge in [0.1, 0.15) is 0 Å². The van der Waals surface area contributed by atoms with Crippen LogP contribution in [0.5, 0.6) is 0 Å². The Kier molecular flexibility index (Phi) is 6.93. The molecule has 0 heterocycles. The van der Waals surface area contributed by atoms with Gasteiger partial charge in [0.25, 0.3) is 0 Å². The summed E-state index contributed by atoms with van der Waals surface area (Å²) in [5.41, 5.74) is 0.462. The first-order valence-corrected chi connectivity index (χ1v) is 6.59. The predicted molar refractivity (Wildman–Crippen MR) is 75.6 cm³/mol. The minimum absolute atomic E-state index is 0.0566. The fraction of sp³-hybridized carbons (Fsp3) is 0.500. The molecule has 0 aromatic heterocycles. The summed E-state index contributed by atoms with van der Waals surface area (Å²) >= 11 is 0. The number of hydrogen-bond donors (Lipinski definition) is 2. The van der Waals surface area contributed by atoms with Crippen molar-refractivity contribution in [3.63, 3.8) is 0 Å². The number of halogens is 2. The lowest BCUT2D eigenvalue weighted by Crippen LogP contribution is -2.28. The highest BCUT2D eigenvalue weighted by atomic mass is 19.2. The van der Waals surface area contributed by atoms with Crippen LogP contribution in [0.3, 0.4) is 0 Å². The van der Waals surface area contributed by atoms with E-state index in [1.165, 1.54) is 6.07 Å². The second-order valence-corrected chi connectivity index (χ2v) is 4.81. The number of carbonyl (C=O) groups excluding carboxylic acids is 1. The third-order valence-electron chi connectivity index (χ3n) is 2.71. The Morgan fingerprint density at radius 1 is 1.20 bits per heavy atom. The van der Waals surface area contributed by atoms with Crippen LogP contribution in [0.25, 0.3) is 0 Å². The molecule has 112 valence electrons. The average molecular weight is 285 g/mol. The molecule has 0 bridgehead atoms. The van der Waals surface area contributed by atoms with Crippen molar-refractivity contribution in [1.29, 1.82) is 0 Å². The third-order valence-corrected chi connectivity index (χ3v) is 2.71. The van der Waals surface area contributed by atoms with Crippen molar-refractivity contribution in [2.45, 2.75) is 12.8 Å². The summed E-state index contributed by atoms with van der Waals surface area (Å²) in [7, 11) is 3.96. The quantitative estimate of drug-likeness (QED) is 0.716. The number of hydrogen-bond acceptors (Lipinski definition) is 3. The van der Waals surface area contributed by atoms with Crippen LogP contribution >= 0.6 is 0 Å². The van der Waals surface area contributed by atoms with E-state index in [1.54, 1.807) is 0 Å². The van der Waals surface area contributed by atoms with Crippen LogP contribution in [0.1, 0.15) is 12.8 Å². The van der Waals surface area contributed by atoms with Crippen LogP contribution in [0.4, 0.5) is 14.5 Å². The first-order chi connectivity index (χ1) is 9.49. The molecule has 1 aromatic rings. The molecular formula is C14H21F2N3O. The smallest absolute Gasteiger partial charge is 0.221 e. The molecule has 0 unspecified atom stereocenters. The maximum absolute atomic E-state index is 12.9. The normalized spacial score (nSPS) is 10.7. The molecule has 1 aromatic carbocycles. The molecule has 0 aliphatic rings. The third kappa shape index (κ3) is 6.47. The lowest BCUT2D eigenvalue weighted by molar-refractivity contribution is -0.120. The summed E-state index contributed by atoms with van der Waals surface area (Å²) < 4.78 is 25.6. The summed E-state index contributed by atoms with van der Waals surface area (Å²) in [5, 5.41) is 5.68. The Morgan fingerprint density at radius 2 is 1.95 bits per heavy atom. The molecule has 4 nitrogen and oxygen atoms in total. The van der Waals surface area contributed by atoms with Gasteiger partial charge in [-0.1, -0.05) is 0 Å². The summed E-state index contributed by atoms with van der Waals surface area (Å²) in [6.07, 6.45) is 1.19. The predicted octanol–water partition coefficient (Wildman–Crippen LogP) is 1.83. The Bertz CT molecular complexity index is 438. The molecule has 6 heteroatoms. The molecule has 0 fully saturated rings. The minimum atomic E-state index is -0.900. The number of rotatable bonds is 8. The van der Waals surface area contributed by atoms with Crippen molar-refractivity contribution in [2.75, 3.05) is 39.0 Å². The zero-order chi connectivity index (χ0) is 15.0. The molecule has 0 saturated carbocycles. The minimum Gasteiger partial charge on any atom is -0.384 e. The molecule has 1 amide bonds. The second-order valence-electron chi connectivity index (χ2n) is 4.81. The van der Waals surface area contributed by atoms with E-state index < -0.39 is 11.6 Å². The van der Waals surface area contributed by atoms with Crippen molar-refractivity contribution in [3.05, 3.63) is 29.8 Å². The summed E-state index contributed by atoms with van der Waals surface area (Å²) in [5.74, 6) is -1.84. The number of benzene rings is 1. The Balaban J connectivity index is 2.16. The maximum Gasteiger partial charge on any atom is 0.221 e. The Hall–Kier alpha value is -1.69. The van der Waals surface area contributed by atoms with Gasteiger partial charge in [-0.05, 0) is 45.3 Å². The van der Waals surface area contributed by atoms with Gasteiger partial charge in [-0.2, -0.15) is 0 Å². The maximum atomic E-state index is 12.9. The lowest BCUT2D eigenvalue weighted by atomic mass is 10.3. The van der Waals surface area contributed by atoms with Crippen LogP contribution in [0, 0.1) is 11.6 Å². The largest absolute Gasteiger partial charge is 0.384 e. The van der Waals surface area contributed by atoms with E-state index in [2.05, 4.69) is 15.5 Å². The van der Waals surface area contributed by atoms with Gasteiger partial charge >= 0.3 is 0 Å². The SMILES string of the molecule is CN(C)CCCNC(=O)CCNc1ccc(F)c(F)c1. The van der Waals surface area contributed by atoms with E-state index in [0.29, 0.717) is 25.2 Å². The van der Waals surface area contributed by atoms with Gasteiger partial charge in [0, 0.05) is 25.2 Å². The van der Waals surface area contributed by atoms with Crippen LogP contribution < -0.4 is 10.6 Å². The second kappa shape index (κ2) is 8.47. The molecule has 20 heavy (non-hydrogen) atoms.